The Kier molecular flexibility index (Phi) is 10.9. The van der Waals surface area contributed by atoms with Crippen LogP contribution in [0.2, 0.25) is 0 Å². The third-order valence-corrected chi connectivity index (χ3v) is 6.55. The van der Waals surface area contributed by atoms with Gasteiger partial charge >= 0.3 is 0 Å². The topological polar surface area (TPSA) is 49.9 Å². The fraction of sp³-hybridized carbons (Fsp3) is 0.250. The summed E-state index contributed by atoms with van der Waals surface area (Å²) in [5.41, 5.74) is 3.65. The molecule has 6 heteroatoms. The summed E-state index contributed by atoms with van der Waals surface area (Å²) >= 11 is 0. The number of rotatable bonds is 9. The van der Waals surface area contributed by atoms with E-state index >= 15 is 0 Å². The SMILES string of the molecule is CCN(CC)CCOc1ccc(C(=O)N2CC(=Cc3ccccc3)C(=O)C(=Cc3ccccc3)C2)cc1.Cl. The average Bonchev–Trinajstić information content (AvgIpc) is 2.94. The second-order valence-corrected chi connectivity index (χ2v) is 9.05. The number of carbonyl (C=O) groups is 2. The van der Waals surface area contributed by atoms with E-state index in [4.69, 9.17) is 4.74 Å². The molecule has 1 fully saturated rings. The molecule has 0 N–H and O–H groups in total. The number of Topliss-reactive ketones (excluding diaryl/α,β-unsaturated/α-hetero) is 1. The molecule has 1 saturated heterocycles. The van der Waals surface area contributed by atoms with E-state index in [1.54, 1.807) is 17.0 Å². The van der Waals surface area contributed by atoms with Crippen LogP contribution in [0.1, 0.15) is 35.3 Å². The number of ether oxygens (including phenoxy) is 1. The quantitative estimate of drug-likeness (QED) is 0.317. The Morgan fingerprint density at radius 2 is 1.32 bits per heavy atom. The lowest BCUT2D eigenvalue weighted by Gasteiger charge is -2.30. The van der Waals surface area contributed by atoms with Crippen LogP contribution in [-0.4, -0.2) is 60.8 Å². The van der Waals surface area contributed by atoms with Crippen molar-refractivity contribution in [3.8, 4) is 5.75 Å². The molecule has 1 aliphatic heterocycles. The van der Waals surface area contributed by atoms with Gasteiger partial charge in [-0.3, -0.25) is 9.59 Å². The zero-order valence-corrected chi connectivity index (χ0v) is 22.8. The maximum atomic E-state index is 13.5. The number of halogens is 1. The largest absolute Gasteiger partial charge is 0.492 e. The lowest BCUT2D eigenvalue weighted by Crippen LogP contribution is -2.41. The van der Waals surface area contributed by atoms with Crippen molar-refractivity contribution in [2.24, 2.45) is 0 Å². The molecule has 198 valence electrons. The van der Waals surface area contributed by atoms with Crippen LogP contribution in [0, 0.1) is 0 Å². The standard InChI is InChI=1S/C32H34N2O3.ClH/c1-3-33(4-2)19-20-37-30-17-15-27(16-18-30)32(36)34-23-28(21-25-11-7-5-8-12-25)31(35)29(24-34)22-26-13-9-6-10-14-26;/h5-18,21-22H,3-4,19-20,23-24H2,1-2H3;1H. The highest BCUT2D eigenvalue weighted by atomic mass is 35.5. The number of likely N-dealkylation sites (tertiary alicyclic amines) is 1. The number of benzene rings is 3. The molecular formula is C32H35ClN2O3. The molecular weight excluding hydrogens is 496 g/mol. The summed E-state index contributed by atoms with van der Waals surface area (Å²) < 4.78 is 5.87. The van der Waals surface area contributed by atoms with E-state index < -0.39 is 0 Å². The van der Waals surface area contributed by atoms with Gasteiger partial charge in [0.25, 0.3) is 5.91 Å². The summed E-state index contributed by atoms with van der Waals surface area (Å²) in [6.45, 7) is 8.26. The van der Waals surface area contributed by atoms with Crippen LogP contribution < -0.4 is 4.74 Å². The molecule has 1 amide bonds. The van der Waals surface area contributed by atoms with E-state index in [1.165, 1.54) is 0 Å². The van der Waals surface area contributed by atoms with Crippen molar-refractivity contribution in [3.63, 3.8) is 0 Å². The van der Waals surface area contributed by atoms with Crippen molar-refractivity contribution in [1.82, 2.24) is 9.80 Å². The smallest absolute Gasteiger partial charge is 0.254 e. The average molecular weight is 531 g/mol. The second kappa shape index (κ2) is 14.3. The van der Waals surface area contributed by atoms with Gasteiger partial charge in [0.05, 0.1) is 13.1 Å². The predicted octanol–water partition coefficient (Wildman–Crippen LogP) is 6.02. The highest BCUT2D eigenvalue weighted by Crippen LogP contribution is 2.24. The van der Waals surface area contributed by atoms with Gasteiger partial charge in [0, 0.05) is 23.3 Å². The van der Waals surface area contributed by atoms with Gasteiger partial charge in [-0.05, 0) is 60.6 Å². The number of hydrogen-bond acceptors (Lipinski definition) is 4. The first-order valence-corrected chi connectivity index (χ1v) is 12.9. The minimum absolute atomic E-state index is 0. The first-order chi connectivity index (χ1) is 18.1. The summed E-state index contributed by atoms with van der Waals surface area (Å²) in [7, 11) is 0. The van der Waals surface area contributed by atoms with Gasteiger partial charge in [0.1, 0.15) is 12.4 Å². The number of carbonyl (C=O) groups excluding carboxylic acids is 2. The van der Waals surface area contributed by atoms with E-state index in [0.29, 0.717) is 23.3 Å². The Morgan fingerprint density at radius 1 is 0.816 bits per heavy atom. The highest BCUT2D eigenvalue weighted by molar-refractivity contribution is 6.15. The van der Waals surface area contributed by atoms with Gasteiger partial charge in [-0.2, -0.15) is 0 Å². The van der Waals surface area contributed by atoms with Crippen molar-refractivity contribution >= 4 is 36.2 Å². The van der Waals surface area contributed by atoms with Crippen molar-refractivity contribution in [2.75, 3.05) is 39.3 Å². The molecule has 0 radical (unpaired) electrons. The van der Waals surface area contributed by atoms with Gasteiger partial charge in [-0.1, -0.05) is 74.5 Å². The molecule has 0 aromatic heterocycles. The predicted molar refractivity (Wildman–Crippen MR) is 157 cm³/mol. The molecule has 0 spiro atoms. The lowest BCUT2D eigenvalue weighted by atomic mass is 9.93. The second-order valence-electron chi connectivity index (χ2n) is 9.05. The van der Waals surface area contributed by atoms with E-state index in [-0.39, 0.29) is 37.2 Å². The van der Waals surface area contributed by atoms with Crippen molar-refractivity contribution < 1.29 is 14.3 Å². The molecule has 5 nitrogen and oxygen atoms in total. The lowest BCUT2D eigenvalue weighted by molar-refractivity contribution is -0.113. The number of piperidine rings is 1. The third kappa shape index (κ3) is 7.67. The van der Waals surface area contributed by atoms with Crippen molar-refractivity contribution in [3.05, 3.63) is 113 Å². The molecule has 3 aromatic rings. The third-order valence-electron chi connectivity index (χ3n) is 6.55. The minimum Gasteiger partial charge on any atom is -0.492 e. The number of nitrogens with zero attached hydrogens (tertiary/aromatic N) is 2. The summed E-state index contributed by atoms with van der Waals surface area (Å²) in [5.74, 6) is 0.612. The maximum absolute atomic E-state index is 13.5. The highest BCUT2D eigenvalue weighted by Gasteiger charge is 2.29. The van der Waals surface area contributed by atoms with Gasteiger partial charge < -0.3 is 14.5 Å². The molecule has 0 atom stereocenters. The Hall–Kier alpha value is -3.67. The fourth-order valence-electron chi connectivity index (χ4n) is 4.39. The Morgan fingerprint density at radius 3 is 1.79 bits per heavy atom. The molecule has 3 aromatic carbocycles. The van der Waals surface area contributed by atoms with Crippen LogP contribution in [0.3, 0.4) is 0 Å². The van der Waals surface area contributed by atoms with E-state index in [9.17, 15) is 9.59 Å². The first kappa shape index (κ1) is 28.9. The molecule has 0 aliphatic carbocycles. The van der Waals surface area contributed by atoms with Crippen molar-refractivity contribution in [1.29, 1.82) is 0 Å². The molecule has 1 aliphatic rings. The monoisotopic (exact) mass is 530 g/mol. The van der Waals surface area contributed by atoms with E-state index in [2.05, 4.69) is 18.7 Å². The van der Waals surface area contributed by atoms with Gasteiger partial charge in [-0.25, -0.2) is 0 Å². The van der Waals surface area contributed by atoms with Gasteiger partial charge in [0.15, 0.2) is 5.78 Å². The van der Waals surface area contributed by atoms with Crippen LogP contribution in [0.25, 0.3) is 12.2 Å². The van der Waals surface area contributed by atoms with Crippen LogP contribution >= 0.6 is 12.4 Å². The summed E-state index contributed by atoms with van der Waals surface area (Å²) in [4.78, 5) is 30.9. The zero-order valence-electron chi connectivity index (χ0n) is 22.0. The first-order valence-electron chi connectivity index (χ1n) is 12.9. The maximum Gasteiger partial charge on any atom is 0.254 e. The van der Waals surface area contributed by atoms with E-state index in [0.717, 1.165) is 36.5 Å². The summed E-state index contributed by atoms with van der Waals surface area (Å²) in [6, 6.07) is 26.8. The molecule has 4 rings (SSSR count). The summed E-state index contributed by atoms with van der Waals surface area (Å²) in [6.07, 6.45) is 3.76. The fourth-order valence-corrected chi connectivity index (χ4v) is 4.39. The van der Waals surface area contributed by atoms with Crippen LogP contribution in [-0.2, 0) is 4.79 Å². The number of hydrogen-bond donors (Lipinski definition) is 0. The van der Waals surface area contributed by atoms with Crippen LogP contribution in [0.5, 0.6) is 5.75 Å². The number of likely N-dealkylation sites (N-methyl/N-ethyl adjacent to an activating group) is 1. The number of ketones is 1. The minimum atomic E-state index is -0.111. The zero-order chi connectivity index (χ0) is 26.0. The molecule has 38 heavy (non-hydrogen) atoms. The van der Waals surface area contributed by atoms with Gasteiger partial charge in [0.2, 0.25) is 0 Å². The molecule has 0 saturated carbocycles. The molecule has 1 heterocycles. The van der Waals surface area contributed by atoms with Crippen LogP contribution in [0.4, 0.5) is 0 Å². The van der Waals surface area contributed by atoms with Crippen LogP contribution in [0.15, 0.2) is 96.1 Å². The molecule has 0 bridgehead atoms. The Labute approximate surface area is 231 Å². The Balaban J connectivity index is 0.00000400. The normalized spacial score (nSPS) is 15.6. The summed E-state index contributed by atoms with van der Waals surface area (Å²) in [5, 5.41) is 0. The number of amides is 1. The Bertz CT molecular complexity index is 1190. The van der Waals surface area contributed by atoms with Crippen molar-refractivity contribution in [2.45, 2.75) is 13.8 Å². The van der Waals surface area contributed by atoms with E-state index in [1.807, 2.05) is 84.9 Å². The van der Waals surface area contributed by atoms with Gasteiger partial charge in [-0.15, -0.1) is 12.4 Å². The molecule has 0 unspecified atom stereocenters.